The van der Waals surface area contributed by atoms with Gasteiger partial charge in [-0.2, -0.15) is 13.2 Å². The average molecular weight is 275 g/mol. The third-order valence-corrected chi connectivity index (χ3v) is 2.33. The van der Waals surface area contributed by atoms with Crippen molar-refractivity contribution in [3.8, 4) is 0 Å². The molecule has 0 unspecified atom stereocenters. The maximum Gasteiger partial charge on any atom is 0.406 e. The van der Waals surface area contributed by atoms with Crippen LogP contribution in [0.15, 0.2) is 18.3 Å². The van der Waals surface area contributed by atoms with Gasteiger partial charge in [0.05, 0.1) is 5.56 Å². The van der Waals surface area contributed by atoms with Crippen LogP contribution in [0.5, 0.6) is 0 Å². The first-order valence-corrected chi connectivity index (χ1v) is 5.85. The van der Waals surface area contributed by atoms with Gasteiger partial charge >= 0.3 is 6.18 Å². The molecule has 0 aromatic carbocycles. The van der Waals surface area contributed by atoms with E-state index < -0.39 is 18.6 Å². The number of pyridine rings is 1. The van der Waals surface area contributed by atoms with Crippen LogP contribution in [0.3, 0.4) is 0 Å². The number of hydrogen-bond acceptors (Lipinski definition) is 3. The lowest BCUT2D eigenvalue weighted by molar-refractivity contribution is -0.138. The van der Waals surface area contributed by atoms with Gasteiger partial charge in [0.25, 0.3) is 5.91 Å². The number of amides is 1. The third kappa shape index (κ3) is 5.15. The molecule has 1 aromatic heterocycles. The van der Waals surface area contributed by atoms with Crippen LogP contribution in [-0.4, -0.2) is 42.1 Å². The van der Waals surface area contributed by atoms with Crippen molar-refractivity contribution in [1.82, 2.24) is 9.88 Å². The molecule has 1 aromatic rings. The average Bonchev–Trinajstić information content (AvgIpc) is 2.34. The van der Waals surface area contributed by atoms with Crippen LogP contribution in [0.4, 0.5) is 19.0 Å². The number of alkyl halides is 3. The van der Waals surface area contributed by atoms with Gasteiger partial charge in [-0.15, -0.1) is 0 Å². The molecule has 0 atom stereocenters. The molecule has 0 aliphatic rings. The molecule has 1 rings (SSSR count). The lowest BCUT2D eigenvalue weighted by Gasteiger charge is -2.18. The summed E-state index contributed by atoms with van der Waals surface area (Å²) < 4.78 is 36.5. The molecule has 0 fully saturated rings. The highest BCUT2D eigenvalue weighted by Gasteiger charge is 2.31. The first-order chi connectivity index (χ1) is 8.83. The molecule has 106 valence electrons. The van der Waals surface area contributed by atoms with E-state index in [4.69, 9.17) is 0 Å². The van der Waals surface area contributed by atoms with Gasteiger partial charge < -0.3 is 10.2 Å². The minimum absolute atomic E-state index is 0.133. The zero-order chi connectivity index (χ0) is 14.5. The van der Waals surface area contributed by atoms with E-state index in [2.05, 4.69) is 10.3 Å². The van der Waals surface area contributed by atoms with Crippen molar-refractivity contribution in [2.75, 3.05) is 25.5 Å². The summed E-state index contributed by atoms with van der Waals surface area (Å²) in [4.78, 5) is 16.3. The Balaban J connectivity index is 2.67. The molecule has 0 spiro atoms. The number of aromatic nitrogens is 1. The number of rotatable bonds is 5. The first-order valence-electron chi connectivity index (χ1n) is 5.85. The molecule has 1 amide bonds. The summed E-state index contributed by atoms with van der Waals surface area (Å²) in [6.45, 7) is 1.47. The smallest absolute Gasteiger partial charge is 0.370 e. The number of hydrogen-bond donors (Lipinski definition) is 1. The fourth-order valence-corrected chi connectivity index (χ4v) is 1.44. The fraction of sp³-hybridized carbons (Fsp3) is 0.500. The van der Waals surface area contributed by atoms with Gasteiger partial charge in [0.1, 0.15) is 12.4 Å². The maximum atomic E-state index is 12.2. The van der Waals surface area contributed by atoms with Crippen molar-refractivity contribution < 1.29 is 18.0 Å². The van der Waals surface area contributed by atoms with Crippen LogP contribution in [0.25, 0.3) is 0 Å². The Hall–Kier alpha value is -1.79. The van der Waals surface area contributed by atoms with Crippen LogP contribution in [0.2, 0.25) is 0 Å². The zero-order valence-corrected chi connectivity index (χ0v) is 10.8. The highest BCUT2D eigenvalue weighted by Crippen LogP contribution is 2.17. The molecular formula is C12H16F3N3O. The van der Waals surface area contributed by atoms with Crippen LogP contribution in [0, 0.1) is 0 Å². The molecule has 1 N–H and O–H groups in total. The molecule has 7 heteroatoms. The minimum atomic E-state index is -4.40. The van der Waals surface area contributed by atoms with Crippen LogP contribution < -0.4 is 5.32 Å². The molecular weight excluding hydrogens is 259 g/mol. The second kappa shape index (κ2) is 6.40. The van der Waals surface area contributed by atoms with Crippen molar-refractivity contribution >= 4 is 11.7 Å². The van der Waals surface area contributed by atoms with E-state index >= 15 is 0 Å². The van der Waals surface area contributed by atoms with Crippen molar-refractivity contribution in [3.05, 3.63) is 23.9 Å². The van der Waals surface area contributed by atoms with Crippen molar-refractivity contribution in [2.24, 2.45) is 0 Å². The molecule has 0 bridgehead atoms. The van der Waals surface area contributed by atoms with E-state index in [9.17, 15) is 18.0 Å². The van der Waals surface area contributed by atoms with Crippen LogP contribution in [-0.2, 0) is 0 Å². The first kappa shape index (κ1) is 15.3. The SMILES string of the molecule is CCCNc1ccc(C(=O)N(C)CC(F)(F)F)cn1. The summed E-state index contributed by atoms with van der Waals surface area (Å²) in [5.74, 6) is -0.108. The molecule has 0 saturated heterocycles. The summed E-state index contributed by atoms with van der Waals surface area (Å²) >= 11 is 0. The molecule has 1 heterocycles. The second-order valence-corrected chi connectivity index (χ2v) is 4.14. The van der Waals surface area contributed by atoms with E-state index in [1.807, 2.05) is 6.92 Å². The summed E-state index contributed by atoms with van der Waals surface area (Å²) in [6, 6.07) is 3.03. The Bertz CT molecular complexity index is 417. The van der Waals surface area contributed by atoms with E-state index in [0.717, 1.165) is 20.0 Å². The molecule has 19 heavy (non-hydrogen) atoms. The molecule has 0 radical (unpaired) electrons. The topological polar surface area (TPSA) is 45.2 Å². The van der Waals surface area contributed by atoms with E-state index in [-0.39, 0.29) is 5.56 Å². The number of carbonyl (C=O) groups excluding carboxylic acids is 1. The van der Waals surface area contributed by atoms with Crippen molar-refractivity contribution in [3.63, 3.8) is 0 Å². The third-order valence-electron chi connectivity index (χ3n) is 2.33. The predicted molar refractivity (Wildman–Crippen MR) is 66.0 cm³/mol. The number of nitrogens with one attached hydrogen (secondary N) is 1. The maximum absolute atomic E-state index is 12.2. The number of nitrogens with zero attached hydrogens (tertiary/aromatic N) is 2. The van der Waals surface area contributed by atoms with E-state index in [1.165, 1.54) is 12.3 Å². The minimum Gasteiger partial charge on any atom is -0.370 e. The highest BCUT2D eigenvalue weighted by molar-refractivity contribution is 5.93. The Morgan fingerprint density at radius 1 is 1.42 bits per heavy atom. The molecule has 0 aliphatic heterocycles. The second-order valence-electron chi connectivity index (χ2n) is 4.14. The van der Waals surface area contributed by atoms with Gasteiger partial charge in [0.2, 0.25) is 0 Å². The standard InChI is InChI=1S/C12H16F3N3O/c1-3-6-16-10-5-4-9(7-17-10)11(19)18(2)8-12(13,14)15/h4-5,7H,3,6,8H2,1-2H3,(H,16,17). The Labute approximate surface area is 109 Å². The Kier molecular flexibility index (Phi) is 5.14. The fourth-order valence-electron chi connectivity index (χ4n) is 1.44. The summed E-state index contributed by atoms with van der Waals surface area (Å²) in [7, 11) is 1.11. The summed E-state index contributed by atoms with van der Waals surface area (Å²) in [5.41, 5.74) is 0.133. The van der Waals surface area contributed by atoms with Gasteiger partial charge in [0.15, 0.2) is 0 Å². The zero-order valence-electron chi connectivity index (χ0n) is 10.8. The monoisotopic (exact) mass is 275 g/mol. The van der Waals surface area contributed by atoms with Crippen LogP contribution in [0.1, 0.15) is 23.7 Å². The van der Waals surface area contributed by atoms with Gasteiger partial charge in [-0.1, -0.05) is 6.92 Å². The number of anilines is 1. The summed E-state index contributed by atoms with van der Waals surface area (Å²) in [6.07, 6.45) is -2.20. The van der Waals surface area contributed by atoms with Gasteiger partial charge in [-0.25, -0.2) is 4.98 Å². The Morgan fingerprint density at radius 2 is 2.11 bits per heavy atom. The number of carbonyl (C=O) groups is 1. The van der Waals surface area contributed by atoms with Crippen molar-refractivity contribution in [2.45, 2.75) is 19.5 Å². The number of halogens is 3. The van der Waals surface area contributed by atoms with E-state index in [0.29, 0.717) is 10.7 Å². The Morgan fingerprint density at radius 3 is 2.58 bits per heavy atom. The summed E-state index contributed by atoms with van der Waals surface area (Å²) in [5, 5.41) is 3.01. The molecule has 4 nitrogen and oxygen atoms in total. The quantitative estimate of drug-likeness (QED) is 0.898. The lowest BCUT2D eigenvalue weighted by Crippen LogP contribution is -2.35. The van der Waals surface area contributed by atoms with Crippen molar-refractivity contribution in [1.29, 1.82) is 0 Å². The largest absolute Gasteiger partial charge is 0.406 e. The lowest BCUT2D eigenvalue weighted by atomic mass is 10.2. The van der Waals surface area contributed by atoms with Crippen LogP contribution >= 0.6 is 0 Å². The van der Waals surface area contributed by atoms with Gasteiger partial charge in [0, 0.05) is 19.8 Å². The van der Waals surface area contributed by atoms with Gasteiger partial charge in [-0.3, -0.25) is 4.79 Å². The normalized spacial score (nSPS) is 11.2. The van der Waals surface area contributed by atoms with E-state index in [1.54, 1.807) is 6.07 Å². The highest BCUT2D eigenvalue weighted by atomic mass is 19.4. The molecule has 0 saturated carbocycles. The molecule has 0 aliphatic carbocycles. The van der Waals surface area contributed by atoms with Gasteiger partial charge in [-0.05, 0) is 18.6 Å². The predicted octanol–water partition coefficient (Wildman–Crippen LogP) is 2.54.